The van der Waals surface area contributed by atoms with Crippen LogP contribution in [0.2, 0.25) is 0 Å². The number of aromatic amines is 1. The predicted octanol–water partition coefficient (Wildman–Crippen LogP) is 3.24. The zero-order valence-corrected chi connectivity index (χ0v) is 10.3. The summed E-state index contributed by atoms with van der Waals surface area (Å²) in [7, 11) is 0. The Labute approximate surface area is 109 Å². The number of aryl methyl sites for hydroxylation is 1. The fourth-order valence-electron chi connectivity index (χ4n) is 2.13. The smallest absolute Gasteiger partial charge is 0.336 e. The first kappa shape index (κ1) is 11.5. The summed E-state index contributed by atoms with van der Waals surface area (Å²) in [5.74, 6) is -0.370. The molecular weight excluding hydrogens is 240 g/mol. The van der Waals surface area contributed by atoms with Gasteiger partial charge in [-0.3, -0.25) is 0 Å². The summed E-state index contributed by atoms with van der Waals surface area (Å²) in [5.41, 5.74) is 3.73. The number of carboxylic acid groups (broad SMARTS) is 1. The van der Waals surface area contributed by atoms with Crippen LogP contribution in [0.25, 0.3) is 22.4 Å². The fourth-order valence-corrected chi connectivity index (χ4v) is 2.13. The maximum absolute atomic E-state index is 11.2. The summed E-state index contributed by atoms with van der Waals surface area (Å²) < 4.78 is 0. The molecule has 2 N–H and O–H groups in total. The monoisotopic (exact) mass is 252 g/mol. The van der Waals surface area contributed by atoms with Crippen LogP contribution < -0.4 is 0 Å². The number of H-pyrrole nitrogens is 1. The number of aromatic carboxylic acids is 1. The third kappa shape index (κ3) is 1.97. The third-order valence-electron chi connectivity index (χ3n) is 3.05. The van der Waals surface area contributed by atoms with E-state index in [0.717, 1.165) is 16.6 Å². The molecule has 0 aliphatic rings. The van der Waals surface area contributed by atoms with Gasteiger partial charge in [0.1, 0.15) is 5.82 Å². The molecule has 0 spiro atoms. The van der Waals surface area contributed by atoms with Gasteiger partial charge < -0.3 is 10.1 Å². The molecule has 0 aliphatic heterocycles. The van der Waals surface area contributed by atoms with Crippen LogP contribution in [0.5, 0.6) is 0 Å². The topological polar surface area (TPSA) is 66.0 Å². The van der Waals surface area contributed by atoms with Crippen molar-refractivity contribution in [3.8, 4) is 11.4 Å². The molecular formula is C15H12N2O2. The van der Waals surface area contributed by atoms with E-state index in [9.17, 15) is 9.90 Å². The molecule has 0 atom stereocenters. The second kappa shape index (κ2) is 4.24. The zero-order valence-electron chi connectivity index (χ0n) is 10.3. The molecule has 0 radical (unpaired) electrons. The minimum atomic E-state index is -0.952. The van der Waals surface area contributed by atoms with E-state index < -0.39 is 5.97 Å². The van der Waals surface area contributed by atoms with E-state index in [1.54, 1.807) is 24.3 Å². The largest absolute Gasteiger partial charge is 0.478 e. The molecule has 0 unspecified atom stereocenters. The first-order chi connectivity index (χ1) is 9.15. The number of carboxylic acids is 1. The number of nitrogens with zero attached hydrogens (tertiary/aromatic N) is 1. The van der Waals surface area contributed by atoms with Gasteiger partial charge in [-0.25, -0.2) is 9.78 Å². The Morgan fingerprint density at radius 1 is 1.21 bits per heavy atom. The fraction of sp³-hybridized carbons (Fsp3) is 0.0667. The molecule has 3 rings (SSSR count). The molecule has 0 amide bonds. The van der Waals surface area contributed by atoms with Crippen LogP contribution in [0.4, 0.5) is 0 Å². The number of carbonyl (C=O) groups is 1. The number of imidazole rings is 1. The third-order valence-corrected chi connectivity index (χ3v) is 3.05. The molecule has 19 heavy (non-hydrogen) atoms. The Morgan fingerprint density at radius 3 is 2.79 bits per heavy atom. The Kier molecular flexibility index (Phi) is 2.56. The Balaban J connectivity index is 2.22. The molecule has 0 bridgehead atoms. The number of benzene rings is 2. The Hall–Kier alpha value is -2.62. The van der Waals surface area contributed by atoms with Gasteiger partial charge in [0.25, 0.3) is 0 Å². The maximum atomic E-state index is 11.2. The van der Waals surface area contributed by atoms with Crippen LogP contribution in [0.3, 0.4) is 0 Å². The summed E-state index contributed by atoms with van der Waals surface area (Å²) in [5, 5.41) is 9.20. The van der Waals surface area contributed by atoms with Crippen LogP contribution in [-0.2, 0) is 0 Å². The van der Waals surface area contributed by atoms with Gasteiger partial charge in [-0.1, -0.05) is 24.3 Å². The van der Waals surface area contributed by atoms with Crippen LogP contribution in [-0.4, -0.2) is 21.0 Å². The van der Waals surface area contributed by atoms with Gasteiger partial charge in [0, 0.05) is 5.56 Å². The first-order valence-corrected chi connectivity index (χ1v) is 5.94. The van der Waals surface area contributed by atoms with Crippen molar-refractivity contribution in [2.75, 3.05) is 0 Å². The van der Waals surface area contributed by atoms with Crippen molar-refractivity contribution in [3.05, 3.63) is 53.6 Å². The highest BCUT2D eigenvalue weighted by atomic mass is 16.4. The minimum absolute atomic E-state index is 0.248. The summed E-state index contributed by atoms with van der Waals surface area (Å²) in [6.07, 6.45) is 0. The molecule has 0 aliphatic carbocycles. The van der Waals surface area contributed by atoms with Gasteiger partial charge in [0.15, 0.2) is 0 Å². The van der Waals surface area contributed by atoms with Gasteiger partial charge in [-0.2, -0.15) is 0 Å². The van der Waals surface area contributed by atoms with Crippen LogP contribution in [0.15, 0.2) is 42.5 Å². The lowest BCUT2D eigenvalue weighted by Gasteiger charge is -2.01. The molecule has 2 aromatic carbocycles. The second-order valence-electron chi connectivity index (χ2n) is 4.46. The van der Waals surface area contributed by atoms with Crippen molar-refractivity contribution in [2.45, 2.75) is 6.92 Å². The Morgan fingerprint density at radius 2 is 2.00 bits per heavy atom. The predicted molar refractivity (Wildman–Crippen MR) is 73.2 cm³/mol. The normalized spacial score (nSPS) is 10.8. The number of hydrogen-bond acceptors (Lipinski definition) is 2. The van der Waals surface area contributed by atoms with Gasteiger partial charge in [0.05, 0.1) is 16.6 Å². The van der Waals surface area contributed by atoms with Crippen molar-refractivity contribution >= 4 is 17.0 Å². The summed E-state index contributed by atoms with van der Waals surface area (Å²) >= 11 is 0. The van der Waals surface area contributed by atoms with Gasteiger partial charge in [-0.15, -0.1) is 0 Å². The van der Waals surface area contributed by atoms with E-state index in [0.29, 0.717) is 11.4 Å². The van der Waals surface area contributed by atoms with Crippen molar-refractivity contribution in [3.63, 3.8) is 0 Å². The van der Waals surface area contributed by atoms with Crippen molar-refractivity contribution in [1.29, 1.82) is 0 Å². The van der Waals surface area contributed by atoms with Gasteiger partial charge in [0.2, 0.25) is 0 Å². The van der Waals surface area contributed by atoms with E-state index >= 15 is 0 Å². The molecule has 0 fully saturated rings. The molecule has 0 saturated heterocycles. The highest BCUT2D eigenvalue weighted by molar-refractivity contribution is 5.95. The summed E-state index contributed by atoms with van der Waals surface area (Å²) in [6.45, 7) is 2.01. The molecule has 4 nitrogen and oxygen atoms in total. The van der Waals surface area contributed by atoms with E-state index in [2.05, 4.69) is 9.97 Å². The average molecular weight is 252 g/mol. The van der Waals surface area contributed by atoms with Gasteiger partial charge in [-0.05, 0) is 30.7 Å². The van der Waals surface area contributed by atoms with Gasteiger partial charge >= 0.3 is 5.97 Å². The number of fused-ring (bicyclic) bond motifs is 1. The summed E-state index contributed by atoms with van der Waals surface area (Å²) in [6, 6.07) is 12.8. The summed E-state index contributed by atoms with van der Waals surface area (Å²) in [4.78, 5) is 18.8. The SMILES string of the molecule is Cc1ccc2nc(-c3ccccc3C(=O)O)[nH]c2c1. The van der Waals surface area contributed by atoms with E-state index in [4.69, 9.17) is 0 Å². The Bertz CT molecular complexity index is 775. The first-order valence-electron chi connectivity index (χ1n) is 5.94. The number of nitrogens with one attached hydrogen (secondary N) is 1. The van der Waals surface area contributed by atoms with Crippen molar-refractivity contribution in [1.82, 2.24) is 9.97 Å². The molecule has 4 heteroatoms. The lowest BCUT2D eigenvalue weighted by Crippen LogP contribution is -1.99. The lowest BCUT2D eigenvalue weighted by atomic mass is 10.1. The maximum Gasteiger partial charge on any atom is 0.336 e. The molecule has 1 aromatic heterocycles. The molecule has 3 aromatic rings. The number of aromatic nitrogens is 2. The van der Waals surface area contributed by atoms with E-state index in [-0.39, 0.29) is 5.56 Å². The van der Waals surface area contributed by atoms with Crippen LogP contribution in [0, 0.1) is 6.92 Å². The molecule has 0 saturated carbocycles. The lowest BCUT2D eigenvalue weighted by molar-refractivity contribution is 0.0697. The van der Waals surface area contributed by atoms with Crippen molar-refractivity contribution in [2.24, 2.45) is 0 Å². The number of hydrogen-bond donors (Lipinski definition) is 2. The minimum Gasteiger partial charge on any atom is -0.478 e. The quantitative estimate of drug-likeness (QED) is 0.735. The van der Waals surface area contributed by atoms with Crippen LogP contribution >= 0.6 is 0 Å². The molecule has 94 valence electrons. The number of rotatable bonds is 2. The zero-order chi connectivity index (χ0) is 13.4. The molecule has 1 heterocycles. The van der Waals surface area contributed by atoms with E-state index in [1.807, 2.05) is 25.1 Å². The van der Waals surface area contributed by atoms with Crippen molar-refractivity contribution < 1.29 is 9.90 Å². The van der Waals surface area contributed by atoms with E-state index in [1.165, 1.54) is 0 Å². The standard InChI is InChI=1S/C15H12N2O2/c1-9-6-7-12-13(8-9)17-14(16-12)10-4-2-3-5-11(10)15(18)19/h2-8H,1H3,(H,16,17)(H,18,19). The van der Waals surface area contributed by atoms with Crippen LogP contribution in [0.1, 0.15) is 15.9 Å². The average Bonchev–Trinajstić information content (AvgIpc) is 2.81. The second-order valence-corrected chi connectivity index (χ2v) is 4.46. The highest BCUT2D eigenvalue weighted by Gasteiger charge is 2.13. The highest BCUT2D eigenvalue weighted by Crippen LogP contribution is 2.24.